The van der Waals surface area contributed by atoms with Crippen LogP contribution in [0.1, 0.15) is 26.7 Å². The standard InChI is InChI=1S/C8H15N3S2/c1-3-4-7-8(2,10-11-9)13-6-5-12-7/h7H,3-6H2,1-2H3. The lowest BCUT2D eigenvalue weighted by atomic mass is 10.1. The normalized spacial score (nSPS) is 33.8. The number of thioether (sulfide) groups is 2. The van der Waals surface area contributed by atoms with Crippen molar-refractivity contribution in [3.8, 4) is 0 Å². The summed E-state index contributed by atoms with van der Waals surface area (Å²) < 4.78 is 0. The van der Waals surface area contributed by atoms with Gasteiger partial charge in [-0.1, -0.05) is 18.5 Å². The minimum atomic E-state index is -0.215. The maximum absolute atomic E-state index is 8.51. The van der Waals surface area contributed by atoms with Crippen LogP contribution in [0.15, 0.2) is 5.11 Å². The van der Waals surface area contributed by atoms with Crippen LogP contribution in [0.2, 0.25) is 0 Å². The summed E-state index contributed by atoms with van der Waals surface area (Å²) in [4.78, 5) is 2.74. The highest BCUT2D eigenvalue weighted by Gasteiger charge is 2.36. The maximum Gasteiger partial charge on any atom is 0.103 e. The molecule has 1 rings (SSSR count). The summed E-state index contributed by atoms with van der Waals surface area (Å²) >= 11 is 3.75. The van der Waals surface area contributed by atoms with Gasteiger partial charge in [0, 0.05) is 21.7 Å². The second-order valence-corrected chi connectivity index (χ2v) is 6.07. The van der Waals surface area contributed by atoms with Gasteiger partial charge in [-0.25, -0.2) is 0 Å². The molecule has 1 aliphatic heterocycles. The molecule has 0 saturated carbocycles. The molecule has 0 aromatic rings. The molecular formula is C8H15N3S2. The first kappa shape index (κ1) is 11.1. The molecule has 0 bridgehead atoms. The van der Waals surface area contributed by atoms with E-state index in [0.717, 1.165) is 18.6 Å². The Labute approximate surface area is 87.7 Å². The minimum Gasteiger partial charge on any atom is -0.156 e. The SMILES string of the molecule is CCCC1SCCSC1(C)N=[N+]=[N-]. The van der Waals surface area contributed by atoms with Crippen molar-refractivity contribution >= 4 is 23.5 Å². The highest BCUT2D eigenvalue weighted by molar-refractivity contribution is 8.07. The van der Waals surface area contributed by atoms with E-state index in [0.29, 0.717) is 5.25 Å². The lowest BCUT2D eigenvalue weighted by Gasteiger charge is -2.36. The van der Waals surface area contributed by atoms with E-state index in [2.05, 4.69) is 23.9 Å². The maximum atomic E-state index is 8.51. The molecule has 1 heterocycles. The van der Waals surface area contributed by atoms with Crippen molar-refractivity contribution in [2.75, 3.05) is 11.5 Å². The number of rotatable bonds is 3. The lowest BCUT2D eigenvalue weighted by molar-refractivity contribution is 0.583. The van der Waals surface area contributed by atoms with Crippen LogP contribution in [0.4, 0.5) is 0 Å². The van der Waals surface area contributed by atoms with Crippen LogP contribution in [0.3, 0.4) is 0 Å². The summed E-state index contributed by atoms with van der Waals surface area (Å²) in [6.45, 7) is 4.24. The highest BCUT2D eigenvalue weighted by atomic mass is 32.2. The van der Waals surface area contributed by atoms with Gasteiger partial charge in [-0.2, -0.15) is 11.8 Å². The van der Waals surface area contributed by atoms with Crippen molar-refractivity contribution < 1.29 is 0 Å². The van der Waals surface area contributed by atoms with Crippen molar-refractivity contribution in [3.05, 3.63) is 10.4 Å². The van der Waals surface area contributed by atoms with Gasteiger partial charge in [0.05, 0.1) is 0 Å². The second-order valence-electron chi connectivity index (χ2n) is 3.24. The molecule has 1 fully saturated rings. The third-order valence-electron chi connectivity index (χ3n) is 2.19. The average molecular weight is 217 g/mol. The predicted octanol–water partition coefficient (Wildman–Crippen LogP) is 3.66. The second kappa shape index (κ2) is 5.03. The number of hydrogen-bond acceptors (Lipinski definition) is 3. The lowest BCUT2D eigenvalue weighted by Crippen LogP contribution is -2.35. The van der Waals surface area contributed by atoms with Crippen LogP contribution in [0.5, 0.6) is 0 Å². The summed E-state index contributed by atoms with van der Waals surface area (Å²) in [5.41, 5.74) is 8.51. The summed E-state index contributed by atoms with van der Waals surface area (Å²) in [7, 11) is 0. The number of nitrogens with zero attached hydrogens (tertiary/aromatic N) is 3. The van der Waals surface area contributed by atoms with Crippen molar-refractivity contribution in [1.29, 1.82) is 0 Å². The minimum absolute atomic E-state index is 0.215. The zero-order valence-corrected chi connectivity index (χ0v) is 9.70. The molecule has 5 heteroatoms. The van der Waals surface area contributed by atoms with E-state index in [-0.39, 0.29) is 4.87 Å². The van der Waals surface area contributed by atoms with Gasteiger partial charge < -0.3 is 0 Å². The van der Waals surface area contributed by atoms with E-state index in [1.807, 2.05) is 11.8 Å². The summed E-state index contributed by atoms with van der Waals surface area (Å²) in [6.07, 6.45) is 2.31. The van der Waals surface area contributed by atoms with Gasteiger partial charge in [-0.05, 0) is 18.9 Å². The van der Waals surface area contributed by atoms with Gasteiger partial charge in [0.2, 0.25) is 0 Å². The van der Waals surface area contributed by atoms with E-state index < -0.39 is 0 Å². The average Bonchev–Trinajstić information content (AvgIpc) is 2.10. The molecular weight excluding hydrogens is 202 g/mol. The smallest absolute Gasteiger partial charge is 0.103 e. The molecule has 0 aliphatic carbocycles. The largest absolute Gasteiger partial charge is 0.156 e. The predicted molar refractivity (Wildman–Crippen MR) is 61.2 cm³/mol. The summed E-state index contributed by atoms with van der Waals surface area (Å²) in [6, 6.07) is 0. The Kier molecular flexibility index (Phi) is 4.29. The molecule has 2 unspecified atom stereocenters. The van der Waals surface area contributed by atoms with Gasteiger partial charge in [0.1, 0.15) is 4.87 Å². The number of hydrogen-bond donors (Lipinski definition) is 0. The van der Waals surface area contributed by atoms with Gasteiger partial charge in [-0.3, -0.25) is 0 Å². The van der Waals surface area contributed by atoms with E-state index in [9.17, 15) is 0 Å². The molecule has 3 nitrogen and oxygen atoms in total. The van der Waals surface area contributed by atoms with Crippen LogP contribution in [0.25, 0.3) is 10.4 Å². The third kappa shape index (κ3) is 2.73. The van der Waals surface area contributed by atoms with Crippen molar-refractivity contribution in [2.24, 2.45) is 5.11 Å². The fourth-order valence-electron chi connectivity index (χ4n) is 1.48. The van der Waals surface area contributed by atoms with Crippen LogP contribution in [-0.2, 0) is 0 Å². The van der Waals surface area contributed by atoms with E-state index in [1.54, 1.807) is 11.8 Å². The molecule has 0 aromatic carbocycles. The van der Waals surface area contributed by atoms with Gasteiger partial charge in [0.15, 0.2) is 0 Å². The van der Waals surface area contributed by atoms with E-state index >= 15 is 0 Å². The zero-order valence-electron chi connectivity index (χ0n) is 8.06. The number of azide groups is 1. The molecule has 13 heavy (non-hydrogen) atoms. The first-order valence-corrected chi connectivity index (χ1v) is 6.58. The molecule has 1 saturated heterocycles. The third-order valence-corrected chi connectivity index (χ3v) is 5.49. The van der Waals surface area contributed by atoms with Gasteiger partial charge >= 0.3 is 0 Å². The Morgan fingerprint density at radius 1 is 1.62 bits per heavy atom. The van der Waals surface area contributed by atoms with Crippen LogP contribution < -0.4 is 0 Å². The van der Waals surface area contributed by atoms with Crippen molar-refractivity contribution in [1.82, 2.24) is 0 Å². The first-order valence-electron chi connectivity index (χ1n) is 4.54. The van der Waals surface area contributed by atoms with E-state index in [1.165, 1.54) is 5.75 Å². The topological polar surface area (TPSA) is 48.8 Å². The highest BCUT2D eigenvalue weighted by Crippen LogP contribution is 2.43. The van der Waals surface area contributed by atoms with Crippen LogP contribution in [-0.4, -0.2) is 21.6 Å². The molecule has 1 aliphatic rings. The van der Waals surface area contributed by atoms with Crippen LogP contribution in [0, 0.1) is 0 Å². The van der Waals surface area contributed by atoms with Crippen LogP contribution >= 0.6 is 23.5 Å². The Balaban J connectivity index is 2.70. The Morgan fingerprint density at radius 3 is 3.00 bits per heavy atom. The van der Waals surface area contributed by atoms with E-state index in [4.69, 9.17) is 5.53 Å². The summed E-state index contributed by atoms with van der Waals surface area (Å²) in [5, 5.41) is 4.43. The molecule has 74 valence electrons. The quantitative estimate of drug-likeness (QED) is 0.411. The molecule has 0 spiro atoms. The Morgan fingerprint density at radius 2 is 2.38 bits per heavy atom. The monoisotopic (exact) mass is 217 g/mol. The van der Waals surface area contributed by atoms with Crippen molar-refractivity contribution in [2.45, 2.75) is 36.8 Å². The van der Waals surface area contributed by atoms with Crippen molar-refractivity contribution in [3.63, 3.8) is 0 Å². The Bertz CT molecular complexity index is 213. The van der Waals surface area contributed by atoms with Gasteiger partial charge in [-0.15, -0.1) is 11.8 Å². The molecule has 0 radical (unpaired) electrons. The summed E-state index contributed by atoms with van der Waals surface area (Å²) in [5.74, 6) is 2.28. The molecule has 0 aromatic heterocycles. The van der Waals surface area contributed by atoms with Gasteiger partial charge in [0.25, 0.3) is 0 Å². The zero-order chi connectivity index (χ0) is 9.73. The fourth-order valence-corrected chi connectivity index (χ4v) is 4.46. The fraction of sp³-hybridized carbons (Fsp3) is 1.00. The first-order chi connectivity index (χ1) is 6.23. The Hall–Kier alpha value is 0.01000. The molecule has 2 atom stereocenters. The molecule has 0 N–H and O–H groups in total. The molecule has 0 amide bonds.